The van der Waals surface area contributed by atoms with E-state index < -0.39 is 0 Å². The van der Waals surface area contributed by atoms with E-state index in [9.17, 15) is 0 Å². The average Bonchev–Trinajstić information content (AvgIpc) is 2.84. The van der Waals surface area contributed by atoms with Crippen LogP contribution in [0.1, 0.15) is 17.8 Å². The predicted molar refractivity (Wildman–Crippen MR) is 72.6 cm³/mol. The molecule has 1 aromatic carbocycles. The lowest BCUT2D eigenvalue weighted by Crippen LogP contribution is -2.07. The van der Waals surface area contributed by atoms with Crippen molar-refractivity contribution in [3.05, 3.63) is 35.7 Å². The summed E-state index contributed by atoms with van der Waals surface area (Å²) in [5.74, 6) is 1.61. The number of benzene rings is 1. The molecule has 0 aliphatic carbocycles. The number of hydrogen-bond donors (Lipinski definition) is 0. The van der Waals surface area contributed by atoms with Gasteiger partial charge in [-0.05, 0) is 31.2 Å². The van der Waals surface area contributed by atoms with E-state index in [1.807, 2.05) is 37.3 Å². The van der Waals surface area contributed by atoms with Gasteiger partial charge in [0.1, 0.15) is 17.6 Å². The van der Waals surface area contributed by atoms with Crippen molar-refractivity contribution in [2.45, 2.75) is 19.9 Å². The first-order valence-electron chi connectivity index (χ1n) is 6.31. The Balaban J connectivity index is 1.78. The van der Waals surface area contributed by atoms with E-state index in [-0.39, 0.29) is 0 Å². The zero-order valence-electron chi connectivity index (χ0n) is 11.5. The summed E-state index contributed by atoms with van der Waals surface area (Å²) in [5.41, 5.74) is 1.16. The second kappa shape index (κ2) is 6.57. The molecule has 20 heavy (non-hydrogen) atoms. The van der Waals surface area contributed by atoms with Gasteiger partial charge >= 0.3 is 0 Å². The Labute approximate surface area is 117 Å². The van der Waals surface area contributed by atoms with Gasteiger partial charge < -0.3 is 9.47 Å². The van der Waals surface area contributed by atoms with Gasteiger partial charge in [0.25, 0.3) is 0 Å². The maximum Gasteiger partial charge on any atom is 0.185 e. The summed E-state index contributed by atoms with van der Waals surface area (Å²) >= 11 is 0. The molecule has 0 unspecified atom stereocenters. The average molecular weight is 272 g/mol. The number of nitriles is 1. The first-order valence-corrected chi connectivity index (χ1v) is 6.31. The Morgan fingerprint density at radius 2 is 1.95 bits per heavy atom. The van der Waals surface area contributed by atoms with E-state index in [1.165, 1.54) is 0 Å². The molecule has 0 aliphatic rings. The van der Waals surface area contributed by atoms with Crippen LogP contribution in [-0.2, 0) is 6.54 Å². The Hall–Kier alpha value is -2.55. The molecule has 0 saturated carbocycles. The van der Waals surface area contributed by atoms with E-state index >= 15 is 0 Å². The Morgan fingerprint density at radius 3 is 2.55 bits per heavy atom. The minimum absolute atomic E-state index is 0.376. The number of methoxy groups -OCH3 is 1. The fourth-order valence-corrected chi connectivity index (χ4v) is 1.75. The highest BCUT2D eigenvalue weighted by Gasteiger charge is 2.06. The van der Waals surface area contributed by atoms with Gasteiger partial charge in [-0.15, -0.1) is 5.10 Å². The molecule has 104 valence electrons. The van der Waals surface area contributed by atoms with Crippen LogP contribution in [0.5, 0.6) is 11.5 Å². The van der Waals surface area contributed by atoms with Crippen LogP contribution in [0, 0.1) is 18.3 Å². The molecular formula is C14H16N4O2. The quantitative estimate of drug-likeness (QED) is 0.751. The van der Waals surface area contributed by atoms with Crippen LogP contribution >= 0.6 is 0 Å². The zero-order chi connectivity index (χ0) is 14.4. The molecule has 0 spiro atoms. The molecule has 1 heterocycles. The van der Waals surface area contributed by atoms with Gasteiger partial charge in [-0.2, -0.15) is 5.26 Å². The maximum absolute atomic E-state index is 8.79. The van der Waals surface area contributed by atoms with E-state index in [2.05, 4.69) is 10.3 Å². The summed E-state index contributed by atoms with van der Waals surface area (Å²) in [7, 11) is 1.63. The molecule has 6 heteroatoms. The van der Waals surface area contributed by atoms with Crippen LogP contribution < -0.4 is 9.47 Å². The first-order chi connectivity index (χ1) is 9.74. The van der Waals surface area contributed by atoms with Crippen molar-refractivity contribution >= 4 is 0 Å². The van der Waals surface area contributed by atoms with E-state index in [4.69, 9.17) is 14.7 Å². The van der Waals surface area contributed by atoms with Crippen molar-refractivity contribution < 1.29 is 9.47 Å². The second-order valence-electron chi connectivity index (χ2n) is 4.24. The maximum atomic E-state index is 8.79. The third kappa shape index (κ3) is 3.26. The van der Waals surface area contributed by atoms with Gasteiger partial charge in [0.05, 0.1) is 19.4 Å². The molecule has 0 N–H and O–H groups in total. The largest absolute Gasteiger partial charge is 0.497 e. The number of aromatic nitrogens is 3. The molecule has 1 aromatic heterocycles. The summed E-state index contributed by atoms with van der Waals surface area (Å²) < 4.78 is 12.4. The summed E-state index contributed by atoms with van der Waals surface area (Å²) in [4.78, 5) is 0. The van der Waals surface area contributed by atoms with Crippen LogP contribution in [0.3, 0.4) is 0 Å². The lowest BCUT2D eigenvalue weighted by atomic mass is 10.3. The number of rotatable bonds is 6. The monoisotopic (exact) mass is 272 g/mol. The molecule has 0 saturated heterocycles. The Morgan fingerprint density at radius 1 is 1.25 bits per heavy atom. The predicted octanol–water partition coefficient (Wildman–Crippen LogP) is 1.94. The normalized spacial score (nSPS) is 10.1. The van der Waals surface area contributed by atoms with Crippen LogP contribution in [0.2, 0.25) is 0 Å². The standard InChI is InChI=1S/C14H16N4O2/c1-11-14(10-15)16-17-18(11)8-3-9-20-13-6-4-12(19-2)5-7-13/h4-7H,3,8-9H2,1-2H3. The minimum Gasteiger partial charge on any atom is -0.497 e. The minimum atomic E-state index is 0.376. The number of hydrogen-bond acceptors (Lipinski definition) is 5. The molecular weight excluding hydrogens is 256 g/mol. The molecule has 2 aromatic rings. The number of aryl methyl sites for hydroxylation is 1. The van der Waals surface area contributed by atoms with E-state index in [0.29, 0.717) is 18.8 Å². The van der Waals surface area contributed by atoms with Crippen LogP contribution in [0.15, 0.2) is 24.3 Å². The highest BCUT2D eigenvalue weighted by molar-refractivity contribution is 5.31. The van der Waals surface area contributed by atoms with Gasteiger partial charge in [-0.3, -0.25) is 0 Å². The Kier molecular flexibility index (Phi) is 4.56. The third-order valence-electron chi connectivity index (χ3n) is 2.93. The van der Waals surface area contributed by atoms with E-state index in [1.54, 1.807) is 11.8 Å². The summed E-state index contributed by atoms with van der Waals surface area (Å²) in [6.45, 7) is 3.09. The van der Waals surface area contributed by atoms with Gasteiger partial charge in [0.2, 0.25) is 0 Å². The van der Waals surface area contributed by atoms with Gasteiger partial charge in [0.15, 0.2) is 5.69 Å². The smallest absolute Gasteiger partial charge is 0.185 e. The summed E-state index contributed by atoms with van der Waals surface area (Å²) in [5, 5.41) is 16.5. The molecule has 0 radical (unpaired) electrons. The molecule has 0 atom stereocenters. The SMILES string of the molecule is COc1ccc(OCCCn2nnc(C#N)c2C)cc1. The molecule has 0 fully saturated rings. The van der Waals surface area contributed by atoms with Crippen molar-refractivity contribution in [1.82, 2.24) is 15.0 Å². The number of ether oxygens (including phenoxy) is 2. The molecule has 0 amide bonds. The molecule has 0 aliphatic heterocycles. The van der Waals surface area contributed by atoms with Crippen LogP contribution in [-0.4, -0.2) is 28.7 Å². The molecule has 0 bridgehead atoms. The van der Waals surface area contributed by atoms with Crippen molar-refractivity contribution in [2.75, 3.05) is 13.7 Å². The van der Waals surface area contributed by atoms with Crippen molar-refractivity contribution in [3.63, 3.8) is 0 Å². The molecule has 6 nitrogen and oxygen atoms in total. The number of nitrogens with zero attached hydrogens (tertiary/aromatic N) is 4. The first kappa shape index (κ1) is 13.9. The van der Waals surface area contributed by atoms with Crippen LogP contribution in [0.25, 0.3) is 0 Å². The second-order valence-corrected chi connectivity index (χ2v) is 4.24. The lowest BCUT2D eigenvalue weighted by molar-refractivity contribution is 0.296. The topological polar surface area (TPSA) is 73.0 Å². The highest BCUT2D eigenvalue weighted by atomic mass is 16.5. The van der Waals surface area contributed by atoms with Crippen molar-refractivity contribution in [1.29, 1.82) is 5.26 Å². The van der Waals surface area contributed by atoms with Crippen LogP contribution in [0.4, 0.5) is 0 Å². The van der Waals surface area contributed by atoms with Crippen molar-refractivity contribution in [3.8, 4) is 17.6 Å². The fourth-order valence-electron chi connectivity index (χ4n) is 1.75. The van der Waals surface area contributed by atoms with Gasteiger partial charge in [0, 0.05) is 13.0 Å². The lowest BCUT2D eigenvalue weighted by Gasteiger charge is -2.07. The van der Waals surface area contributed by atoms with E-state index in [0.717, 1.165) is 23.6 Å². The molecule has 2 rings (SSSR count). The highest BCUT2D eigenvalue weighted by Crippen LogP contribution is 2.17. The third-order valence-corrected chi connectivity index (χ3v) is 2.93. The Bertz CT molecular complexity index is 599. The zero-order valence-corrected chi connectivity index (χ0v) is 11.5. The van der Waals surface area contributed by atoms with Gasteiger partial charge in [-0.25, -0.2) is 4.68 Å². The van der Waals surface area contributed by atoms with Gasteiger partial charge in [-0.1, -0.05) is 5.21 Å². The van der Waals surface area contributed by atoms with Crippen molar-refractivity contribution in [2.24, 2.45) is 0 Å². The summed E-state index contributed by atoms with van der Waals surface area (Å²) in [6, 6.07) is 9.46. The summed E-state index contributed by atoms with van der Waals surface area (Å²) in [6.07, 6.45) is 0.793. The fraction of sp³-hybridized carbons (Fsp3) is 0.357.